The highest BCUT2D eigenvalue weighted by atomic mass is 32.2. The average molecular weight is 307 g/mol. The first-order chi connectivity index (χ1) is 9.88. The Balaban J connectivity index is 2.30. The number of aromatic hydroxyl groups is 1. The van der Waals surface area contributed by atoms with Crippen LogP contribution >= 0.6 is 0 Å². The van der Waals surface area contributed by atoms with E-state index in [1.165, 1.54) is 24.3 Å². The number of phenolic OH excluding ortho intramolecular Hbond substituents is 1. The van der Waals surface area contributed by atoms with E-state index < -0.39 is 10.0 Å². The number of ether oxygens (including phenoxy) is 1. The number of sulfonamides is 1. The molecule has 0 aliphatic heterocycles. The number of rotatable bonds is 5. The van der Waals surface area contributed by atoms with E-state index in [0.717, 1.165) is 0 Å². The van der Waals surface area contributed by atoms with Gasteiger partial charge in [-0.1, -0.05) is 12.1 Å². The third-order valence-electron chi connectivity index (χ3n) is 2.64. The third-order valence-corrected chi connectivity index (χ3v) is 4.02. The number of benzene rings is 2. The summed E-state index contributed by atoms with van der Waals surface area (Å²) in [6.07, 6.45) is -0.0654. The van der Waals surface area contributed by atoms with Gasteiger partial charge >= 0.3 is 0 Å². The van der Waals surface area contributed by atoms with Crippen molar-refractivity contribution < 1.29 is 18.3 Å². The lowest BCUT2D eigenvalue weighted by atomic mass is 10.3. The summed E-state index contributed by atoms with van der Waals surface area (Å²) < 4.78 is 32.7. The first kappa shape index (κ1) is 15.2. The normalized spacial score (nSPS) is 11.4. The summed E-state index contributed by atoms with van der Waals surface area (Å²) in [4.78, 5) is 0.0691. The van der Waals surface area contributed by atoms with E-state index in [0.29, 0.717) is 11.4 Å². The van der Waals surface area contributed by atoms with Crippen LogP contribution in [0.5, 0.6) is 11.5 Å². The van der Waals surface area contributed by atoms with Gasteiger partial charge in [-0.15, -0.1) is 0 Å². The number of nitrogens with one attached hydrogen (secondary N) is 1. The molecular weight excluding hydrogens is 290 g/mol. The second-order valence-electron chi connectivity index (χ2n) is 4.76. The topological polar surface area (TPSA) is 75.6 Å². The van der Waals surface area contributed by atoms with Gasteiger partial charge in [0.05, 0.1) is 16.7 Å². The zero-order chi connectivity index (χ0) is 15.5. The Labute approximate surface area is 124 Å². The first-order valence-electron chi connectivity index (χ1n) is 6.46. The molecule has 0 radical (unpaired) electrons. The fourth-order valence-corrected chi connectivity index (χ4v) is 2.81. The average Bonchev–Trinajstić information content (AvgIpc) is 2.40. The van der Waals surface area contributed by atoms with Gasteiger partial charge in [0.1, 0.15) is 11.5 Å². The Bertz CT molecular complexity index is 709. The highest BCUT2D eigenvalue weighted by Gasteiger charge is 2.16. The largest absolute Gasteiger partial charge is 0.508 e. The monoisotopic (exact) mass is 307 g/mol. The molecule has 112 valence electrons. The summed E-state index contributed by atoms with van der Waals surface area (Å²) in [6, 6.07) is 12.2. The van der Waals surface area contributed by atoms with Gasteiger partial charge < -0.3 is 9.84 Å². The lowest BCUT2D eigenvalue weighted by Gasteiger charge is -2.15. The minimum absolute atomic E-state index is 0.0116. The molecule has 0 saturated heterocycles. The zero-order valence-electron chi connectivity index (χ0n) is 11.8. The van der Waals surface area contributed by atoms with Gasteiger partial charge in [0.2, 0.25) is 0 Å². The smallest absolute Gasteiger partial charge is 0.262 e. The number of para-hydroxylation sites is 2. The second-order valence-corrected chi connectivity index (χ2v) is 6.44. The predicted octanol–water partition coefficient (Wildman–Crippen LogP) is 2.98. The molecule has 0 amide bonds. The minimum Gasteiger partial charge on any atom is -0.508 e. The van der Waals surface area contributed by atoms with Gasteiger partial charge in [0, 0.05) is 0 Å². The zero-order valence-corrected chi connectivity index (χ0v) is 12.6. The Morgan fingerprint density at radius 3 is 2.29 bits per heavy atom. The Morgan fingerprint density at radius 2 is 1.67 bits per heavy atom. The molecule has 0 atom stereocenters. The summed E-state index contributed by atoms with van der Waals surface area (Å²) in [5.74, 6) is 0.479. The van der Waals surface area contributed by atoms with Crippen LogP contribution in [0.4, 0.5) is 5.69 Å². The van der Waals surface area contributed by atoms with Gasteiger partial charge in [0.25, 0.3) is 10.0 Å². The van der Waals surface area contributed by atoms with Gasteiger partial charge in [-0.05, 0) is 50.2 Å². The molecule has 2 aromatic rings. The summed E-state index contributed by atoms with van der Waals surface area (Å²) >= 11 is 0. The van der Waals surface area contributed by atoms with E-state index in [1.807, 2.05) is 13.8 Å². The van der Waals surface area contributed by atoms with E-state index in [2.05, 4.69) is 4.72 Å². The van der Waals surface area contributed by atoms with Crippen LogP contribution in [0.25, 0.3) is 0 Å². The SMILES string of the molecule is CC(C)Oc1ccccc1NS(=O)(=O)c1ccc(O)cc1. The van der Waals surface area contributed by atoms with E-state index in [4.69, 9.17) is 4.74 Å². The molecule has 6 heteroatoms. The van der Waals surface area contributed by atoms with Crippen molar-refractivity contribution >= 4 is 15.7 Å². The minimum atomic E-state index is -3.73. The Kier molecular flexibility index (Phi) is 4.37. The highest BCUT2D eigenvalue weighted by molar-refractivity contribution is 7.92. The van der Waals surface area contributed by atoms with Crippen molar-refractivity contribution in [2.75, 3.05) is 4.72 Å². The highest BCUT2D eigenvalue weighted by Crippen LogP contribution is 2.27. The van der Waals surface area contributed by atoms with E-state index in [1.54, 1.807) is 24.3 Å². The molecule has 2 N–H and O–H groups in total. The predicted molar refractivity (Wildman–Crippen MR) is 81.1 cm³/mol. The van der Waals surface area contributed by atoms with Crippen molar-refractivity contribution in [2.45, 2.75) is 24.8 Å². The van der Waals surface area contributed by atoms with Crippen LogP contribution in [0.1, 0.15) is 13.8 Å². The van der Waals surface area contributed by atoms with E-state index >= 15 is 0 Å². The molecule has 0 aliphatic rings. The van der Waals surface area contributed by atoms with Crippen molar-refractivity contribution in [3.8, 4) is 11.5 Å². The quantitative estimate of drug-likeness (QED) is 0.890. The van der Waals surface area contributed by atoms with Crippen LogP contribution in [-0.2, 0) is 10.0 Å². The molecule has 0 aromatic heterocycles. The standard InChI is InChI=1S/C15H17NO4S/c1-11(2)20-15-6-4-3-5-14(15)16-21(18,19)13-9-7-12(17)8-10-13/h3-11,16-17H,1-2H3. The fourth-order valence-electron chi connectivity index (χ4n) is 1.74. The second kappa shape index (κ2) is 6.05. The molecule has 0 spiro atoms. The lowest BCUT2D eigenvalue weighted by molar-refractivity contribution is 0.244. The summed E-state index contributed by atoms with van der Waals surface area (Å²) in [5, 5.41) is 9.22. The molecule has 21 heavy (non-hydrogen) atoms. The van der Waals surface area contributed by atoms with Crippen LogP contribution in [0.3, 0.4) is 0 Å². The van der Waals surface area contributed by atoms with Crippen molar-refractivity contribution in [3.05, 3.63) is 48.5 Å². The van der Waals surface area contributed by atoms with Gasteiger partial charge in [-0.2, -0.15) is 0 Å². The number of anilines is 1. The van der Waals surface area contributed by atoms with Gasteiger partial charge in [-0.3, -0.25) is 4.72 Å². The fraction of sp³-hybridized carbons (Fsp3) is 0.200. The summed E-state index contributed by atoms with van der Waals surface area (Å²) in [5.41, 5.74) is 0.374. The van der Waals surface area contributed by atoms with Crippen molar-refractivity contribution in [2.24, 2.45) is 0 Å². The van der Waals surface area contributed by atoms with Crippen LogP contribution < -0.4 is 9.46 Å². The summed E-state index contributed by atoms with van der Waals surface area (Å²) in [7, 11) is -3.73. The molecule has 0 fully saturated rings. The van der Waals surface area contributed by atoms with Gasteiger partial charge in [0.15, 0.2) is 0 Å². The number of hydrogen-bond acceptors (Lipinski definition) is 4. The van der Waals surface area contributed by atoms with E-state index in [9.17, 15) is 13.5 Å². The Morgan fingerprint density at radius 1 is 1.05 bits per heavy atom. The molecule has 2 aromatic carbocycles. The van der Waals surface area contributed by atoms with Gasteiger partial charge in [-0.25, -0.2) is 8.42 Å². The number of hydrogen-bond donors (Lipinski definition) is 2. The van der Waals surface area contributed by atoms with Crippen LogP contribution in [-0.4, -0.2) is 19.6 Å². The van der Waals surface area contributed by atoms with Crippen molar-refractivity contribution in [1.82, 2.24) is 0 Å². The van der Waals surface area contributed by atoms with Crippen molar-refractivity contribution in [3.63, 3.8) is 0 Å². The Hall–Kier alpha value is -2.21. The molecule has 5 nitrogen and oxygen atoms in total. The maximum atomic E-state index is 12.3. The summed E-state index contributed by atoms with van der Waals surface area (Å²) in [6.45, 7) is 3.73. The third kappa shape index (κ3) is 3.88. The molecule has 0 bridgehead atoms. The lowest BCUT2D eigenvalue weighted by Crippen LogP contribution is -2.15. The molecular formula is C15H17NO4S. The maximum Gasteiger partial charge on any atom is 0.262 e. The molecule has 0 aliphatic carbocycles. The molecule has 2 rings (SSSR count). The molecule has 0 unspecified atom stereocenters. The first-order valence-corrected chi connectivity index (χ1v) is 7.94. The molecule has 0 heterocycles. The van der Waals surface area contributed by atoms with Crippen LogP contribution in [0, 0.1) is 0 Å². The number of phenols is 1. The molecule has 0 saturated carbocycles. The van der Waals surface area contributed by atoms with Crippen LogP contribution in [0.15, 0.2) is 53.4 Å². The van der Waals surface area contributed by atoms with E-state index in [-0.39, 0.29) is 16.7 Å². The van der Waals surface area contributed by atoms with Crippen molar-refractivity contribution in [1.29, 1.82) is 0 Å². The maximum absolute atomic E-state index is 12.3. The van der Waals surface area contributed by atoms with Crippen LogP contribution in [0.2, 0.25) is 0 Å².